The maximum atomic E-state index is 5.31. The Kier molecular flexibility index (Phi) is 3.99. The molecule has 1 N–H and O–H groups in total. The number of ether oxygens (including phenoxy) is 1. The normalized spacial score (nSPS) is 16.2. The summed E-state index contributed by atoms with van der Waals surface area (Å²) in [6, 6.07) is 0. The minimum Gasteiger partial charge on any atom is -0.377 e. The lowest BCUT2D eigenvalue weighted by Gasteiger charge is -2.13. The second-order valence-electron chi connectivity index (χ2n) is 6.37. The second-order valence-corrected chi connectivity index (χ2v) is 7.33. The first-order valence-electron chi connectivity index (χ1n) is 7.38. The quantitative estimate of drug-likeness (QED) is 0.881. The molecule has 0 atom stereocenters. The van der Waals surface area contributed by atoms with Crippen LogP contribution in [0.2, 0.25) is 0 Å². The Morgan fingerprint density at radius 1 is 1.43 bits per heavy atom. The lowest BCUT2D eigenvalue weighted by Crippen LogP contribution is -2.11. The first kappa shape index (κ1) is 14.5. The first-order chi connectivity index (χ1) is 10.0. The minimum absolute atomic E-state index is 0.0660. The van der Waals surface area contributed by atoms with Crippen molar-refractivity contribution in [1.82, 2.24) is 14.6 Å². The van der Waals surface area contributed by atoms with Crippen LogP contribution < -0.4 is 5.32 Å². The number of imidazole rings is 1. The van der Waals surface area contributed by atoms with Crippen molar-refractivity contribution in [3.8, 4) is 0 Å². The topological polar surface area (TPSA) is 51.5 Å². The van der Waals surface area contributed by atoms with Crippen molar-refractivity contribution in [2.45, 2.75) is 39.0 Å². The van der Waals surface area contributed by atoms with Gasteiger partial charge in [0, 0.05) is 12.0 Å². The molecule has 0 amide bonds. The molecule has 3 heterocycles. The molecule has 114 valence electrons. The van der Waals surface area contributed by atoms with Crippen LogP contribution in [0, 0.1) is 0 Å². The van der Waals surface area contributed by atoms with E-state index >= 15 is 0 Å². The third-order valence-corrected chi connectivity index (χ3v) is 4.47. The van der Waals surface area contributed by atoms with E-state index < -0.39 is 0 Å². The molecule has 1 aliphatic rings. The summed E-state index contributed by atoms with van der Waals surface area (Å²) in [6.07, 6.45) is 6.32. The number of nitrogens with zero attached hydrogens (tertiary/aromatic N) is 3. The number of hydrogen-bond donors (Lipinski definition) is 1. The van der Waals surface area contributed by atoms with Crippen LogP contribution in [0.3, 0.4) is 0 Å². The Balaban J connectivity index is 1.60. The maximum Gasteiger partial charge on any atom is 0.214 e. The smallest absolute Gasteiger partial charge is 0.214 e. The van der Waals surface area contributed by atoms with E-state index in [1.165, 1.54) is 5.57 Å². The number of rotatable bonds is 4. The van der Waals surface area contributed by atoms with Crippen LogP contribution in [0.5, 0.6) is 0 Å². The fraction of sp³-hybridized carbons (Fsp3) is 0.600. The average molecular weight is 306 g/mol. The second kappa shape index (κ2) is 5.77. The van der Waals surface area contributed by atoms with Crippen LogP contribution in [0.25, 0.3) is 4.96 Å². The predicted molar refractivity (Wildman–Crippen MR) is 86.2 cm³/mol. The Bertz CT molecular complexity index is 619. The molecule has 5 nitrogen and oxygen atoms in total. The molecule has 0 saturated heterocycles. The zero-order chi connectivity index (χ0) is 14.9. The summed E-state index contributed by atoms with van der Waals surface area (Å²) in [6.45, 7) is 9.03. The van der Waals surface area contributed by atoms with Crippen LogP contribution >= 0.6 is 11.3 Å². The number of aromatic nitrogens is 3. The van der Waals surface area contributed by atoms with Crippen molar-refractivity contribution in [3.63, 3.8) is 0 Å². The zero-order valence-electron chi connectivity index (χ0n) is 12.8. The van der Waals surface area contributed by atoms with E-state index in [-0.39, 0.29) is 5.41 Å². The highest BCUT2D eigenvalue weighted by Gasteiger charge is 2.19. The fourth-order valence-electron chi connectivity index (χ4n) is 2.26. The molecular formula is C15H22N4OS. The van der Waals surface area contributed by atoms with Crippen LogP contribution in [-0.4, -0.2) is 34.4 Å². The van der Waals surface area contributed by atoms with Crippen molar-refractivity contribution >= 4 is 21.4 Å². The molecule has 0 aromatic carbocycles. The largest absolute Gasteiger partial charge is 0.377 e. The summed E-state index contributed by atoms with van der Waals surface area (Å²) < 4.78 is 7.19. The van der Waals surface area contributed by atoms with Crippen molar-refractivity contribution in [2.75, 3.05) is 25.1 Å². The third-order valence-electron chi connectivity index (χ3n) is 3.59. The van der Waals surface area contributed by atoms with Crippen molar-refractivity contribution in [3.05, 3.63) is 23.5 Å². The summed E-state index contributed by atoms with van der Waals surface area (Å²) in [4.78, 5) is 5.61. The summed E-state index contributed by atoms with van der Waals surface area (Å²) in [5.41, 5.74) is 2.63. The molecule has 2 aromatic rings. The highest BCUT2D eigenvalue weighted by Crippen LogP contribution is 2.25. The third kappa shape index (κ3) is 3.44. The number of nitrogens with one attached hydrogen (secondary N) is 1. The Morgan fingerprint density at radius 3 is 2.95 bits per heavy atom. The van der Waals surface area contributed by atoms with E-state index in [0.717, 1.165) is 48.4 Å². The summed E-state index contributed by atoms with van der Waals surface area (Å²) in [7, 11) is 0. The van der Waals surface area contributed by atoms with Crippen molar-refractivity contribution in [2.24, 2.45) is 0 Å². The van der Waals surface area contributed by atoms with Gasteiger partial charge in [-0.2, -0.15) is 0 Å². The standard InChI is InChI=1S/C15H22N4OS/c1-15(2,3)12-10-19-14(17-12)21-13(18-19)16-7-4-11-5-8-20-9-6-11/h5,10H,4,6-9H2,1-3H3,(H,16,18). The van der Waals surface area contributed by atoms with E-state index in [1.807, 2.05) is 10.7 Å². The maximum absolute atomic E-state index is 5.31. The molecule has 0 aliphatic carbocycles. The lowest BCUT2D eigenvalue weighted by molar-refractivity contribution is 0.153. The van der Waals surface area contributed by atoms with Crippen LogP contribution in [-0.2, 0) is 10.2 Å². The van der Waals surface area contributed by atoms with E-state index in [4.69, 9.17) is 4.74 Å². The molecule has 0 saturated carbocycles. The number of fused-ring (bicyclic) bond motifs is 1. The van der Waals surface area contributed by atoms with E-state index in [0.29, 0.717) is 0 Å². The van der Waals surface area contributed by atoms with Gasteiger partial charge in [0.05, 0.1) is 25.1 Å². The molecule has 1 aliphatic heterocycles. The summed E-state index contributed by atoms with van der Waals surface area (Å²) in [5, 5.41) is 8.87. The molecule has 0 spiro atoms. The van der Waals surface area contributed by atoms with Gasteiger partial charge in [-0.05, 0) is 12.8 Å². The number of hydrogen-bond acceptors (Lipinski definition) is 5. The van der Waals surface area contributed by atoms with Gasteiger partial charge < -0.3 is 10.1 Å². The van der Waals surface area contributed by atoms with Gasteiger partial charge in [-0.25, -0.2) is 9.50 Å². The van der Waals surface area contributed by atoms with Gasteiger partial charge in [-0.15, -0.1) is 5.10 Å². The van der Waals surface area contributed by atoms with Crippen molar-refractivity contribution in [1.29, 1.82) is 0 Å². The van der Waals surface area contributed by atoms with E-state index in [2.05, 4.69) is 42.2 Å². The number of anilines is 1. The Labute approximate surface area is 129 Å². The van der Waals surface area contributed by atoms with Gasteiger partial charge >= 0.3 is 0 Å². The average Bonchev–Trinajstić information content (AvgIpc) is 2.97. The minimum atomic E-state index is 0.0660. The lowest BCUT2D eigenvalue weighted by atomic mass is 9.93. The molecule has 0 unspecified atom stereocenters. The molecule has 6 heteroatoms. The predicted octanol–water partition coefficient (Wildman–Crippen LogP) is 3.24. The van der Waals surface area contributed by atoms with E-state index in [1.54, 1.807) is 11.3 Å². The zero-order valence-corrected chi connectivity index (χ0v) is 13.7. The van der Waals surface area contributed by atoms with Gasteiger partial charge in [0.15, 0.2) is 0 Å². The molecular weight excluding hydrogens is 284 g/mol. The van der Waals surface area contributed by atoms with Gasteiger partial charge in [-0.3, -0.25) is 0 Å². The van der Waals surface area contributed by atoms with Gasteiger partial charge in [0.25, 0.3) is 0 Å². The van der Waals surface area contributed by atoms with Crippen LogP contribution in [0.4, 0.5) is 5.13 Å². The monoisotopic (exact) mass is 306 g/mol. The Morgan fingerprint density at radius 2 is 2.29 bits per heavy atom. The van der Waals surface area contributed by atoms with E-state index in [9.17, 15) is 0 Å². The Hall–Kier alpha value is -1.40. The summed E-state index contributed by atoms with van der Waals surface area (Å²) in [5.74, 6) is 0. The van der Waals surface area contributed by atoms with Gasteiger partial charge in [0.1, 0.15) is 0 Å². The molecule has 0 bridgehead atoms. The SMILES string of the molecule is CC(C)(C)c1cn2nc(NCCC3=CCOCC3)sc2n1. The van der Waals surface area contributed by atoms with Gasteiger partial charge in [-0.1, -0.05) is 43.8 Å². The molecule has 0 radical (unpaired) electrons. The first-order valence-corrected chi connectivity index (χ1v) is 8.20. The summed E-state index contributed by atoms with van der Waals surface area (Å²) >= 11 is 1.61. The molecule has 2 aromatic heterocycles. The van der Waals surface area contributed by atoms with Crippen LogP contribution in [0.15, 0.2) is 17.8 Å². The molecule has 21 heavy (non-hydrogen) atoms. The highest BCUT2D eigenvalue weighted by atomic mass is 32.1. The fourth-order valence-corrected chi connectivity index (χ4v) is 3.06. The van der Waals surface area contributed by atoms with Crippen LogP contribution in [0.1, 0.15) is 39.3 Å². The molecule has 3 rings (SSSR count). The molecule has 0 fully saturated rings. The van der Waals surface area contributed by atoms with Gasteiger partial charge in [0.2, 0.25) is 10.1 Å². The highest BCUT2D eigenvalue weighted by molar-refractivity contribution is 7.20. The van der Waals surface area contributed by atoms with Crippen molar-refractivity contribution < 1.29 is 4.74 Å².